The Morgan fingerprint density at radius 1 is 1.03 bits per heavy atom. The van der Waals surface area contributed by atoms with Gasteiger partial charge in [-0.15, -0.1) is 0 Å². The molecule has 6 nitrogen and oxygen atoms in total. The van der Waals surface area contributed by atoms with Gasteiger partial charge in [0, 0.05) is 19.6 Å². The minimum Gasteiger partial charge on any atom is -0.454 e. The van der Waals surface area contributed by atoms with Gasteiger partial charge in [0.05, 0.1) is 12.2 Å². The average Bonchev–Trinajstić information content (AvgIpc) is 2.74. The molecule has 0 saturated heterocycles. The van der Waals surface area contributed by atoms with E-state index in [2.05, 4.69) is 5.32 Å². The number of hydrogen-bond donors (Lipinski definition) is 2. The Balaban J connectivity index is 2.60. The fourth-order valence-electron chi connectivity index (χ4n) is 3.30. The van der Waals surface area contributed by atoms with Gasteiger partial charge in [-0.2, -0.15) is 13.2 Å². The quantitative estimate of drug-likeness (QED) is 0.406. The minimum atomic E-state index is -4.38. The van der Waals surface area contributed by atoms with Gasteiger partial charge in [-0.05, 0) is 42.7 Å². The fraction of sp³-hybridized carbons (Fsp3) is 0.478. The van der Waals surface area contributed by atoms with Crippen molar-refractivity contribution < 1.29 is 26.3 Å². The van der Waals surface area contributed by atoms with E-state index < -0.39 is 22.7 Å². The summed E-state index contributed by atoms with van der Waals surface area (Å²) < 4.78 is 68.9. The van der Waals surface area contributed by atoms with E-state index in [4.69, 9.17) is 9.88 Å². The molecule has 0 saturated carbocycles. The van der Waals surface area contributed by atoms with Crippen molar-refractivity contribution in [3.63, 3.8) is 0 Å². The highest BCUT2D eigenvalue weighted by atomic mass is 32.2. The van der Waals surface area contributed by atoms with E-state index in [1.165, 1.54) is 6.07 Å². The lowest BCUT2D eigenvalue weighted by molar-refractivity contribution is -0.125. The summed E-state index contributed by atoms with van der Waals surface area (Å²) in [6, 6.07) is 11.7. The first-order valence-electron chi connectivity index (χ1n) is 11.0. The van der Waals surface area contributed by atoms with Crippen LogP contribution in [0.4, 0.5) is 18.9 Å². The molecule has 184 valence electrons. The highest BCUT2D eigenvalue weighted by Gasteiger charge is 2.27. The summed E-state index contributed by atoms with van der Waals surface area (Å²) >= 11 is 0. The molecule has 2 aromatic carbocycles. The zero-order valence-corrected chi connectivity index (χ0v) is 19.8. The maximum absolute atomic E-state index is 12.6. The van der Waals surface area contributed by atoms with Gasteiger partial charge in [-0.3, -0.25) is 0 Å². The van der Waals surface area contributed by atoms with E-state index >= 15 is 0 Å². The molecule has 33 heavy (non-hydrogen) atoms. The zero-order valence-electron chi connectivity index (χ0n) is 19.0. The van der Waals surface area contributed by atoms with E-state index in [0.717, 1.165) is 25.7 Å². The van der Waals surface area contributed by atoms with Crippen LogP contribution in [0.5, 0.6) is 11.5 Å². The lowest BCUT2D eigenvalue weighted by Crippen LogP contribution is -2.29. The number of para-hydroxylation sites is 1. The number of anilines is 1. The van der Waals surface area contributed by atoms with Crippen molar-refractivity contribution in [1.82, 2.24) is 5.32 Å². The summed E-state index contributed by atoms with van der Waals surface area (Å²) in [5.74, 6) is 0.507. The smallest absolute Gasteiger partial charge is 0.401 e. The number of nitrogens with two attached hydrogens (primary N) is 1. The number of alkyl halides is 3. The molecule has 0 amide bonds. The van der Waals surface area contributed by atoms with E-state index in [1.54, 1.807) is 36.4 Å². The van der Waals surface area contributed by atoms with Crippen LogP contribution in [-0.4, -0.2) is 34.2 Å². The topological polar surface area (TPSA) is 84.7 Å². The Morgan fingerprint density at radius 2 is 1.64 bits per heavy atom. The lowest BCUT2D eigenvalue weighted by atomic mass is 10.1. The first kappa shape index (κ1) is 26.9. The lowest BCUT2D eigenvalue weighted by Gasteiger charge is -2.28. The van der Waals surface area contributed by atoms with Crippen molar-refractivity contribution in [2.24, 2.45) is 5.14 Å². The van der Waals surface area contributed by atoms with Crippen molar-refractivity contribution in [3.8, 4) is 11.5 Å². The Hall–Kier alpha value is -2.30. The number of halogens is 3. The van der Waals surface area contributed by atoms with E-state index in [1.807, 2.05) is 18.7 Å². The van der Waals surface area contributed by atoms with Gasteiger partial charge in [-0.25, -0.2) is 13.6 Å². The number of primary sulfonamides is 1. The summed E-state index contributed by atoms with van der Waals surface area (Å²) in [5.41, 5.74) is 0.868. The number of benzene rings is 2. The van der Waals surface area contributed by atoms with Gasteiger partial charge >= 0.3 is 6.18 Å². The molecule has 0 radical (unpaired) electrons. The molecular formula is C23H32F3N3O3S. The van der Waals surface area contributed by atoms with Crippen molar-refractivity contribution in [2.75, 3.05) is 24.5 Å². The second-order valence-corrected chi connectivity index (χ2v) is 9.35. The molecule has 0 unspecified atom stereocenters. The van der Waals surface area contributed by atoms with E-state index in [9.17, 15) is 21.6 Å². The SMILES string of the molecule is CCCCN(CCCC)c1cc(CNCC(F)(F)F)cc(S(N)(=O)=O)c1Oc1ccccc1. The molecule has 0 spiro atoms. The zero-order chi connectivity index (χ0) is 24.5. The Morgan fingerprint density at radius 3 is 2.15 bits per heavy atom. The van der Waals surface area contributed by atoms with Crippen LogP contribution in [0.3, 0.4) is 0 Å². The van der Waals surface area contributed by atoms with Crippen LogP contribution in [0, 0.1) is 0 Å². The number of nitrogens with one attached hydrogen (secondary N) is 1. The highest BCUT2D eigenvalue weighted by molar-refractivity contribution is 7.89. The first-order chi connectivity index (χ1) is 15.5. The molecule has 0 aliphatic carbocycles. The summed E-state index contributed by atoms with van der Waals surface area (Å²) in [6.45, 7) is 4.02. The third-order valence-corrected chi connectivity index (χ3v) is 5.84. The largest absolute Gasteiger partial charge is 0.454 e. The molecule has 2 rings (SSSR count). The molecule has 0 heterocycles. The molecule has 0 atom stereocenters. The summed E-state index contributed by atoms with van der Waals surface area (Å²) in [5, 5.41) is 7.84. The van der Waals surface area contributed by atoms with Gasteiger partial charge < -0.3 is 15.0 Å². The molecule has 10 heteroatoms. The van der Waals surface area contributed by atoms with Crippen LogP contribution in [-0.2, 0) is 16.6 Å². The summed E-state index contributed by atoms with van der Waals surface area (Å²) in [6.07, 6.45) is -0.819. The predicted octanol–water partition coefficient (Wildman–Crippen LogP) is 5.18. The monoisotopic (exact) mass is 487 g/mol. The van der Waals surface area contributed by atoms with Crippen LogP contribution in [0.1, 0.15) is 45.1 Å². The van der Waals surface area contributed by atoms with Crippen LogP contribution in [0.15, 0.2) is 47.4 Å². The van der Waals surface area contributed by atoms with Gasteiger partial charge in [0.25, 0.3) is 0 Å². The summed E-state index contributed by atoms with van der Waals surface area (Å²) in [7, 11) is -4.23. The second kappa shape index (κ2) is 12.2. The molecule has 0 bridgehead atoms. The van der Waals surface area contributed by atoms with Gasteiger partial charge in [0.2, 0.25) is 10.0 Å². The molecule has 3 N–H and O–H groups in total. The Bertz CT molecular complexity index is 976. The molecule has 0 aliphatic heterocycles. The Labute approximate surface area is 194 Å². The highest BCUT2D eigenvalue weighted by Crippen LogP contribution is 2.39. The number of hydrogen-bond acceptors (Lipinski definition) is 5. The van der Waals surface area contributed by atoms with Crippen molar-refractivity contribution in [1.29, 1.82) is 0 Å². The predicted molar refractivity (Wildman–Crippen MR) is 124 cm³/mol. The average molecular weight is 488 g/mol. The van der Waals surface area contributed by atoms with Crippen LogP contribution >= 0.6 is 0 Å². The third-order valence-electron chi connectivity index (χ3n) is 4.92. The minimum absolute atomic E-state index is 0.0791. The summed E-state index contributed by atoms with van der Waals surface area (Å²) in [4.78, 5) is 1.76. The van der Waals surface area contributed by atoms with Crippen LogP contribution < -0.4 is 20.1 Å². The van der Waals surface area contributed by atoms with Crippen LogP contribution in [0.25, 0.3) is 0 Å². The van der Waals surface area contributed by atoms with Gasteiger partial charge in [-0.1, -0.05) is 44.9 Å². The third kappa shape index (κ3) is 8.87. The normalized spacial score (nSPS) is 12.1. The Kier molecular flexibility index (Phi) is 10.00. The number of unbranched alkanes of at least 4 members (excludes halogenated alkanes) is 2. The number of sulfonamides is 1. The molecule has 0 aliphatic rings. The number of rotatable bonds is 13. The van der Waals surface area contributed by atoms with Crippen molar-refractivity contribution >= 4 is 15.7 Å². The van der Waals surface area contributed by atoms with Gasteiger partial charge in [0.1, 0.15) is 10.6 Å². The standard InChI is InChI=1S/C23H32F3N3O3S/c1-3-5-12-29(13-6-4-2)20-14-18(16-28-17-23(24,25)26)15-21(33(27,30)31)22(20)32-19-10-8-7-9-11-19/h7-11,14-15,28H,3-6,12-13,16-17H2,1-2H3,(H2,27,30,31). The second-order valence-electron chi connectivity index (χ2n) is 7.82. The molecule has 2 aromatic rings. The van der Waals surface area contributed by atoms with Crippen molar-refractivity contribution in [2.45, 2.75) is 57.1 Å². The number of nitrogens with zero attached hydrogens (tertiary/aromatic N) is 1. The number of ether oxygens (including phenoxy) is 1. The molecular weight excluding hydrogens is 455 g/mol. The van der Waals surface area contributed by atoms with Crippen molar-refractivity contribution in [3.05, 3.63) is 48.0 Å². The fourth-order valence-corrected chi connectivity index (χ4v) is 4.02. The van der Waals surface area contributed by atoms with E-state index in [-0.39, 0.29) is 17.2 Å². The maximum Gasteiger partial charge on any atom is 0.401 e. The molecule has 0 fully saturated rings. The van der Waals surface area contributed by atoms with Crippen LogP contribution in [0.2, 0.25) is 0 Å². The van der Waals surface area contributed by atoms with E-state index in [0.29, 0.717) is 30.1 Å². The van der Waals surface area contributed by atoms with Gasteiger partial charge in [0.15, 0.2) is 5.75 Å². The first-order valence-corrected chi connectivity index (χ1v) is 12.5. The maximum atomic E-state index is 12.6. The molecule has 0 aromatic heterocycles.